The number of rotatable bonds is 6. The zero-order valence-corrected chi connectivity index (χ0v) is 16.5. The second kappa shape index (κ2) is 8.61. The molecule has 2 heterocycles. The largest absolute Gasteiger partial charge is 0.302 e. The van der Waals surface area contributed by atoms with Crippen LogP contribution in [0.25, 0.3) is 11.4 Å². The van der Waals surface area contributed by atoms with Crippen molar-refractivity contribution in [2.24, 2.45) is 5.92 Å². The van der Waals surface area contributed by atoms with Crippen molar-refractivity contribution < 1.29 is 0 Å². The molecule has 5 nitrogen and oxygen atoms in total. The summed E-state index contributed by atoms with van der Waals surface area (Å²) in [5, 5.41) is 0. The molecule has 0 saturated carbocycles. The van der Waals surface area contributed by atoms with Gasteiger partial charge < -0.3 is 4.90 Å². The number of nitrogens with one attached hydrogen (secondary N) is 2. The number of nitrogens with zero attached hydrogens (tertiary/aromatic N) is 3. The lowest BCUT2D eigenvalue weighted by Crippen LogP contribution is -2.30. The SMILES string of the molecule is Cc1cccc(-c2ncc(CN(C)CC3CNNC3c3ccccc3)cn2)c1. The lowest BCUT2D eigenvalue weighted by Gasteiger charge is -2.24. The molecule has 1 aliphatic rings. The maximum atomic E-state index is 4.57. The number of aryl methyl sites for hydroxylation is 1. The van der Waals surface area contributed by atoms with Crippen molar-refractivity contribution in [1.29, 1.82) is 0 Å². The van der Waals surface area contributed by atoms with Crippen molar-refractivity contribution in [1.82, 2.24) is 25.7 Å². The van der Waals surface area contributed by atoms with Gasteiger partial charge in [-0.05, 0) is 25.6 Å². The Hall–Kier alpha value is -2.60. The van der Waals surface area contributed by atoms with Crippen LogP contribution in [0.5, 0.6) is 0 Å². The van der Waals surface area contributed by atoms with Crippen LogP contribution >= 0.6 is 0 Å². The highest BCUT2D eigenvalue weighted by atomic mass is 15.4. The summed E-state index contributed by atoms with van der Waals surface area (Å²) in [6.07, 6.45) is 3.89. The summed E-state index contributed by atoms with van der Waals surface area (Å²) in [5.74, 6) is 1.29. The summed E-state index contributed by atoms with van der Waals surface area (Å²) in [7, 11) is 2.16. The van der Waals surface area contributed by atoms with Gasteiger partial charge in [0.15, 0.2) is 5.82 Å². The van der Waals surface area contributed by atoms with E-state index in [1.54, 1.807) is 0 Å². The Morgan fingerprint density at radius 1 is 1.04 bits per heavy atom. The molecule has 0 radical (unpaired) electrons. The number of hydrogen-bond acceptors (Lipinski definition) is 5. The highest BCUT2D eigenvalue weighted by molar-refractivity contribution is 5.55. The smallest absolute Gasteiger partial charge is 0.159 e. The minimum atomic E-state index is 0.337. The van der Waals surface area contributed by atoms with E-state index in [-0.39, 0.29) is 0 Å². The summed E-state index contributed by atoms with van der Waals surface area (Å²) in [5.41, 5.74) is 11.5. The van der Waals surface area contributed by atoms with Crippen LogP contribution in [0.15, 0.2) is 67.0 Å². The van der Waals surface area contributed by atoms with Crippen LogP contribution in [-0.2, 0) is 6.54 Å². The second-order valence-corrected chi connectivity index (χ2v) is 7.65. The van der Waals surface area contributed by atoms with Gasteiger partial charge in [0.05, 0.1) is 6.04 Å². The van der Waals surface area contributed by atoms with Gasteiger partial charge in [-0.2, -0.15) is 0 Å². The van der Waals surface area contributed by atoms with E-state index in [0.717, 1.165) is 36.6 Å². The molecule has 3 aromatic rings. The van der Waals surface area contributed by atoms with E-state index in [0.29, 0.717) is 12.0 Å². The summed E-state index contributed by atoms with van der Waals surface area (Å²) in [6, 6.07) is 19.3. The van der Waals surface area contributed by atoms with Crippen molar-refractivity contribution in [2.45, 2.75) is 19.5 Å². The molecule has 5 heteroatoms. The van der Waals surface area contributed by atoms with Crippen LogP contribution in [0.1, 0.15) is 22.7 Å². The van der Waals surface area contributed by atoms with Gasteiger partial charge in [0.25, 0.3) is 0 Å². The average Bonchev–Trinajstić information content (AvgIpc) is 3.17. The average molecular weight is 374 g/mol. The first-order valence-corrected chi connectivity index (χ1v) is 9.79. The summed E-state index contributed by atoms with van der Waals surface area (Å²) in [6.45, 7) is 4.89. The Balaban J connectivity index is 1.38. The molecule has 0 aliphatic carbocycles. The highest BCUT2D eigenvalue weighted by Crippen LogP contribution is 2.25. The maximum Gasteiger partial charge on any atom is 0.159 e. The fourth-order valence-corrected chi connectivity index (χ4v) is 3.87. The van der Waals surface area contributed by atoms with Gasteiger partial charge in [0.2, 0.25) is 0 Å². The van der Waals surface area contributed by atoms with Crippen LogP contribution < -0.4 is 10.9 Å². The van der Waals surface area contributed by atoms with E-state index in [9.17, 15) is 0 Å². The third-order valence-electron chi connectivity index (χ3n) is 5.23. The van der Waals surface area contributed by atoms with E-state index >= 15 is 0 Å². The quantitative estimate of drug-likeness (QED) is 0.694. The van der Waals surface area contributed by atoms with Crippen molar-refractivity contribution in [3.8, 4) is 11.4 Å². The molecule has 1 fully saturated rings. The lowest BCUT2D eigenvalue weighted by molar-refractivity contribution is 0.262. The minimum absolute atomic E-state index is 0.337. The number of hydrazine groups is 1. The molecule has 0 spiro atoms. The molecule has 1 aliphatic heterocycles. The molecule has 0 amide bonds. The van der Waals surface area contributed by atoms with Gasteiger partial charge >= 0.3 is 0 Å². The monoisotopic (exact) mass is 373 g/mol. The van der Waals surface area contributed by atoms with Crippen molar-refractivity contribution in [3.05, 3.63) is 83.7 Å². The highest BCUT2D eigenvalue weighted by Gasteiger charge is 2.28. The van der Waals surface area contributed by atoms with Gasteiger partial charge in [-0.1, -0.05) is 54.1 Å². The summed E-state index contributed by atoms with van der Waals surface area (Å²) < 4.78 is 0. The molecular formula is C23H27N5. The Morgan fingerprint density at radius 3 is 2.57 bits per heavy atom. The number of aromatic nitrogens is 2. The van der Waals surface area contributed by atoms with E-state index in [4.69, 9.17) is 0 Å². The first-order chi connectivity index (χ1) is 13.7. The molecule has 2 aromatic carbocycles. The predicted octanol–water partition coefficient (Wildman–Crippen LogP) is 3.35. The van der Waals surface area contributed by atoms with Gasteiger partial charge in [0, 0.05) is 49.1 Å². The van der Waals surface area contributed by atoms with E-state index in [2.05, 4.69) is 88.2 Å². The van der Waals surface area contributed by atoms with Crippen molar-refractivity contribution in [3.63, 3.8) is 0 Å². The number of hydrogen-bond donors (Lipinski definition) is 2. The molecule has 2 atom stereocenters. The van der Waals surface area contributed by atoms with Crippen LogP contribution in [0.2, 0.25) is 0 Å². The molecule has 2 unspecified atom stereocenters. The van der Waals surface area contributed by atoms with Crippen molar-refractivity contribution >= 4 is 0 Å². The zero-order chi connectivity index (χ0) is 19.3. The van der Waals surface area contributed by atoms with Crippen molar-refractivity contribution in [2.75, 3.05) is 20.1 Å². The Labute approximate surface area is 166 Å². The molecule has 28 heavy (non-hydrogen) atoms. The van der Waals surface area contributed by atoms with Crippen LogP contribution in [0.4, 0.5) is 0 Å². The maximum absolute atomic E-state index is 4.57. The molecular weight excluding hydrogens is 346 g/mol. The van der Waals surface area contributed by atoms with Gasteiger partial charge in [-0.3, -0.25) is 5.43 Å². The molecule has 1 aromatic heterocycles. The van der Waals surface area contributed by atoms with E-state index < -0.39 is 0 Å². The van der Waals surface area contributed by atoms with E-state index in [1.807, 2.05) is 18.5 Å². The van der Waals surface area contributed by atoms with Crippen LogP contribution in [0.3, 0.4) is 0 Å². The third-order valence-corrected chi connectivity index (χ3v) is 5.23. The topological polar surface area (TPSA) is 53.1 Å². The number of benzene rings is 2. The normalized spacial score (nSPS) is 19.2. The minimum Gasteiger partial charge on any atom is -0.302 e. The molecule has 0 bridgehead atoms. The molecule has 4 rings (SSSR count). The molecule has 2 N–H and O–H groups in total. The molecule has 1 saturated heterocycles. The third kappa shape index (κ3) is 4.44. The summed E-state index contributed by atoms with van der Waals surface area (Å²) >= 11 is 0. The first kappa shape index (κ1) is 18.7. The zero-order valence-electron chi connectivity index (χ0n) is 16.5. The Kier molecular flexibility index (Phi) is 5.76. The fraction of sp³-hybridized carbons (Fsp3) is 0.304. The van der Waals surface area contributed by atoms with Gasteiger partial charge in [-0.15, -0.1) is 0 Å². The Bertz CT molecular complexity index is 894. The summed E-state index contributed by atoms with van der Waals surface area (Å²) in [4.78, 5) is 11.5. The fourth-order valence-electron chi connectivity index (χ4n) is 3.87. The van der Waals surface area contributed by atoms with Gasteiger partial charge in [0.1, 0.15) is 0 Å². The van der Waals surface area contributed by atoms with Gasteiger partial charge in [-0.25, -0.2) is 15.4 Å². The van der Waals surface area contributed by atoms with E-state index in [1.165, 1.54) is 11.1 Å². The van der Waals surface area contributed by atoms with Crippen LogP contribution in [0, 0.1) is 12.8 Å². The predicted molar refractivity (Wildman–Crippen MR) is 112 cm³/mol. The first-order valence-electron chi connectivity index (χ1n) is 9.79. The Morgan fingerprint density at radius 2 is 1.82 bits per heavy atom. The van der Waals surface area contributed by atoms with Crippen LogP contribution in [-0.4, -0.2) is 35.0 Å². The lowest BCUT2D eigenvalue weighted by atomic mass is 9.94. The standard InChI is InChI=1S/C23H27N5/c1-17-7-6-10-20(11-17)23-24-12-18(13-25-23)15-28(2)16-21-14-26-27-22(21)19-8-4-3-5-9-19/h3-13,21-22,26-27H,14-16H2,1-2H3. The molecule has 144 valence electrons. The second-order valence-electron chi connectivity index (χ2n) is 7.65.